The van der Waals surface area contributed by atoms with Gasteiger partial charge in [0.2, 0.25) is 0 Å². The number of ether oxygens (including phenoxy) is 1. The Balaban J connectivity index is 2.07. The Morgan fingerprint density at radius 1 is 1.12 bits per heavy atom. The highest BCUT2D eigenvalue weighted by Crippen LogP contribution is 2.28. The summed E-state index contributed by atoms with van der Waals surface area (Å²) in [6, 6.07) is 13.6. The van der Waals surface area contributed by atoms with E-state index in [1.807, 2.05) is 37.3 Å². The molecule has 2 aromatic rings. The maximum absolute atomic E-state index is 12.4. The van der Waals surface area contributed by atoms with Crippen LogP contribution in [0.5, 0.6) is 5.75 Å². The summed E-state index contributed by atoms with van der Waals surface area (Å²) in [5.41, 5.74) is 9.56. The van der Waals surface area contributed by atoms with Crippen LogP contribution in [0.4, 0.5) is 5.69 Å². The SMILES string of the molecule is Cc1ccc(C(C)C)c(OC(C)C(=O)Nc2ccc(CN)cc2)c1. The number of anilines is 1. The van der Waals surface area contributed by atoms with Crippen LogP contribution < -0.4 is 15.8 Å². The van der Waals surface area contributed by atoms with Gasteiger partial charge >= 0.3 is 0 Å². The summed E-state index contributed by atoms with van der Waals surface area (Å²) < 4.78 is 5.93. The predicted octanol–water partition coefficient (Wildman–Crippen LogP) is 3.98. The van der Waals surface area contributed by atoms with Crippen molar-refractivity contribution in [2.45, 2.75) is 46.3 Å². The molecule has 3 N–H and O–H groups in total. The molecule has 0 spiro atoms. The van der Waals surface area contributed by atoms with E-state index >= 15 is 0 Å². The number of nitrogens with one attached hydrogen (secondary N) is 1. The van der Waals surface area contributed by atoms with Gasteiger partial charge in [0.25, 0.3) is 5.91 Å². The topological polar surface area (TPSA) is 64.3 Å². The molecule has 4 heteroatoms. The first-order valence-electron chi connectivity index (χ1n) is 8.27. The fourth-order valence-electron chi connectivity index (χ4n) is 2.43. The van der Waals surface area contributed by atoms with Crippen LogP contribution in [0.2, 0.25) is 0 Å². The monoisotopic (exact) mass is 326 g/mol. The minimum Gasteiger partial charge on any atom is -0.481 e. The number of nitrogens with two attached hydrogens (primary N) is 1. The molecule has 0 aliphatic carbocycles. The molecule has 0 aromatic heterocycles. The van der Waals surface area contributed by atoms with E-state index in [4.69, 9.17) is 10.5 Å². The van der Waals surface area contributed by atoms with Crippen LogP contribution in [0.15, 0.2) is 42.5 Å². The van der Waals surface area contributed by atoms with Crippen LogP contribution in [0.3, 0.4) is 0 Å². The Labute approximate surface area is 144 Å². The Morgan fingerprint density at radius 2 is 1.79 bits per heavy atom. The maximum atomic E-state index is 12.4. The Hall–Kier alpha value is -2.33. The quantitative estimate of drug-likeness (QED) is 0.844. The average Bonchev–Trinajstić information content (AvgIpc) is 2.55. The van der Waals surface area contributed by atoms with E-state index in [1.54, 1.807) is 6.92 Å². The number of carbonyl (C=O) groups is 1. The van der Waals surface area contributed by atoms with Gasteiger partial charge in [-0.2, -0.15) is 0 Å². The van der Waals surface area contributed by atoms with Crippen LogP contribution in [-0.4, -0.2) is 12.0 Å². The van der Waals surface area contributed by atoms with E-state index in [0.29, 0.717) is 12.5 Å². The summed E-state index contributed by atoms with van der Waals surface area (Å²) in [7, 11) is 0. The molecule has 0 fully saturated rings. The van der Waals surface area contributed by atoms with Crippen LogP contribution in [0, 0.1) is 6.92 Å². The number of benzene rings is 2. The lowest BCUT2D eigenvalue weighted by Crippen LogP contribution is -2.30. The molecule has 0 aliphatic rings. The van der Waals surface area contributed by atoms with Gasteiger partial charge in [-0.1, -0.05) is 38.1 Å². The van der Waals surface area contributed by atoms with Gasteiger partial charge in [-0.3, -0.25) is 4.79 Å². The van der Waals surface area contributed by atoms with Gasteiger partial charge in [0.05, 0.1) is 0 Å². The van der Waals surface area contributed by atoms with Crippen molar-refractivity contribution in [3.63, 3.8) is 0 Å². The third kappa shape index (κ3) is 4.59. The van der Waals surface area contributed by atoms with E-state index in [2.05, 4.69) is 31.3 Å². The van der Waals surface area contributed by atoms with Crippen molar-refractivity contribution in [2.24, 2.45) is 5.73 Å². The van der Waals surface area contributed by atoms with Crippen molar-refractivity contribution >= 4 is 11.6 Å². The van der Waals surface area contributed by atoms with Crippen molar-refractivity contribution in [3.8, 4) is 5.75 Å². The van der Waals surface area contributed by atoms with Crippen LogP contribution in [0.1, 0.15) is 43.4 Å². The number of carbonyl (C=O) groups excluding carboxylic acids is 1. The standard InChI is InChI=1S/C20H26N2O2/c1-13(2)18-10-5-14(3)11-19(18)24-15(4)20(23)22-17-8-6-16(12-21)7-9-17/h5-11,13,15H,12,21H2,1-4H3,(H,22,23). The summed E-state index contributed by atoms with van der Waals surface area (Å²) in [4.78, 5) is 12.4. The summed E-state index contributed by atoms with van der Waals surface area (Å²) in [6.45, 7) is 8.48. The van der Waals surface area contributed by atoms with Gasteiger partial charge in [0, 0.05) is 12.2 Å². The highest BCUT2D eigenvalue weighted by molar-refractivity contribution is 5.94. The number of amides is 1. The zero-order chi connectivity index (χ0) is 17.7. The zero-order valence-corrected chi connectivity index (χ0v) is 14.8. The molecule has 128 valence electrons. The minimum absolute atomic E-state index is 0.174. The fraction of sp³-hybridized carbons (Fsp3) is 0.350. The first kappa shape index (κ1) is 18.0. The molecule has 24 heavy (non-hydrogen) atoms. The molecule has 0 radical (unpaired) electrons. The predicted molar refractivity (Wildman–Crippen MR) is 98.3 cm³/mol. The first-order valence-corrected chi connectivity index (χ1v) is 8.27. The van der Waals surface area contributed by atoms with Gasteiger partial charge in [-0.15, -0.1) is 0 Å². The Kier molecular flexibility index (Phi) is 5.99. The van der Waals surface area contributed by atoms with Crippen molar-refractivity contribution in [1.29, 1.82) is 0 Å². The zero-order valence-electron chi connectivity index (χ0n) is 14.8. The van der Waals surface area contributed by atoms with Crippen LogP contribution >= 0.6 is 0 Å². The molecule has 1 amide bonds. The van der Waals surface area contributed by atoms with Gasteiger partial charge in [-0.25, -0.2) is 0 Å². The second kappa shape index (κ2) is 7.97. The summed E-state index contributed by atoms with van der Waals surface area (Å²) >= 11 is 0. The molecule has 2 rings (SSSR count). The van der Waals surface area contributed by atoms with Gasteiger partial charge in [0.15, 0.2) is 6.10 Å². The van der Waals surface area contributed by atoms with E-state index < -0.39 is 6.10 Å². The molecule has 1 atom stereocenters. The summed E-state index contributed by atoms with van der Waals surface area (Å²) in [6.07, 6.45) is -0.585. The second-order valence-electron chi connectivity index (χ2n) is 6.35. The molecule has 1 unspecified atom stereocenters. The van der Waals surface area contributed by atoms with E-state index in [9.17, 15) is 4.79 Å². The number of aryl methyl sites for hydroxylation is 1. The Morgan fingerprint density at radius 3 is 2.38 bits per heavy atom. The van der Waals surface area contributed by atoms with Gasteiger partial charge in [-0.05, 0) is 54.7 Å². The number of hydrogen-bond acceptors (Lipinski definition) is 3. The molecular formula is C20H26N2O2. The Bertz CT molecular complexity index is 693. The third-order valence-electron chi connectivity index (χ3n) is 3.92. The molecule has 0 aliphatic heterocycles. The van der Waals surface area contributed by atoms with Gasteiger partial charge < -0.3 is 15.8 Å². The van der Waals surface area contributed by atoms with E-state index in [1.165, 1.54) is 0 Å². The molecule has 0 saturated heterocycles. The number of hydrogen-bond donors (Lipinski definition) is 2. The fourth-order valence-corrected chi connectivity index (χ4v) is 2.43. The largest absolute Gasteiger partial charge is 0.481 e. The summed E-state index contributed by atoms with van der Waals surface area (Å²) in [5.74, 6) is 0.928. The van der Waals surface area contributed by atoms with Gasteiger partial charge in [0.1, 0.15) is 5.75 Å². The smallest absolute Gasteiger partial charge is 0.265 e. The minimum atomic E-state index is -0.585. The lowest BCUT2D eigenvalue weighted by Gasteiger charge is -2.19. The summed E-state index contributed by atoms with van der Waals surface area (Å²) in [5, 5.41) is 2.87. The lowest BCUT2D eigenvalue weighted by atomic mass is 10.0. The average molecular weight is 326 g/mol. The van der Waals surface area contributed by atoms with Crippen molar-refractivity contribution < 1.29 is 9.53 Å². The second-order valence-corrected chi connectivity index (χ2v) is 6.35. The molecule has 0 heterocycles. The molecular weight excluding hydrogens is 300 g/mol. The first-order chi connectivity index (χ1) is 11.4. The number of rotatable bonds is 6. The van der Waals surface area contributed by atoms with Crippen molar-refractivity contribution in [1.82, 2.24) is 0 Å². The van der Waals surface area contributed by atoms with Crippen molar-refractivity contribution in [3.05, 3.63) is 59.2 Å². The lowest BCUT2D eigenvalue weighted by molar-refractivity contribution is -0.122. The van der Waals surface area contributed by atoms with Crippen LogP contribution in [-0.2, 0) is 11.3 Å². The molecule has 4 nitrogen and oxygen atoms in total. The normalized spacial score (nSPS) is 12.1. The van der Waals surface area contributed by atoms with Crippen molar-refractivity contribution in [2.75, 3.05) is 5.32 Å². The molecule has 2 aromatic carbocycles. The maximum Gasteiger partial charge on any atom is 0.265 e. The highest BCUT2D eigenvalue weighted by atomic mass is 16.5. The van der Waals surface area contributed by atoms with E-state index in [-0.39, 0.29) is 5.91 Å². The van der Waals surface area contributed by atoms with E-state index in [0.717, 1.165) is 28.1 Å². The third-order valence-corrected chi connectivity index (χ3v) is 3.92. The molecule has 0 saturated carbocycles. The van der Waals surface area contributed by atoms with Crippen LogP contribution in [0.25, 0.3) is 0 Å². The molecule has 0 bridgehead atoms. The highest BCUT2D eigenvalue weighted by Gasteiger charge is 2.17.